The Labute approximate surface area is 310 Å². The maximum atomic E-state index is 14.6. The first kappa shape index (κ1) is 36.9. The van der Waals surface area contributed by atoms with E-state index in [2.05, 4.69) is 33.0 Å². The molecule has 5 aliphatic rings. The van der Waals surface area contributed by atoms with Crippen molar-refractivity contribution in [2.75, 3.05) is 6.54 Å². The highest BCUT2D eigenvalue weighted by Gasteiger charge is 2.62. The monoisotopic (exact) mass is 747 g/mol. The number of allylic oxidation sites excluding steroid dienone is 1. The van der Waals surface area contributed by atoms with Crippen molar-refractivity contribution >= 4 is 50.7 Å². The van der Waals surface area contributed by atoms with E-state index >= 15 is 0 Å². The van der Waals surface area contributed by atoms with E-state index in [0.29, 0.717) is 18.7 Å². The SMILES string of the molecule is C=C[C@@H]1C[C@]1(NC(=O)[C@@H]1C[C@@H]2CN1C(=O)[C@H](C(C)(C)C)NC(=O)O[C@H]1CCCC[C@@H]1C/C=C/c1ccc3ccnc(c3c1)O2)C(=O)NS(=O)(=O)C1CC1. The van der Waals surface area contributed by atoms with Crippen molar-refractivity contribution < 1.29 is 37.1 Å². The number of hydrogen-bond acceptors (Lipinski definition) is 9. The van der Waals surface area contributed by atoms with E-state index in [0.717, 1.165) is 48.4 Å². The summed E-state index contributed by atoms with van der Waals surface area (Å²) in [5, 5.41) is 6.72. The number of rotatable bonds is 6. The van der Waals surface area contributed by atoms with Gasteiger partial charge in [0, 0.05) is 23.9 Å². The molecule has 4 fully saturated rings. The zero-order chi connectivity index (χ0) is 37.7. The molecule has 7 rings (SSSR count). The third-order valence-corrected chi connectivity index (χ3v) is 13.2. The molecule has 4 bridgehead atoms. The average molecular weight is 748 g/mol. The molecule has 0 unspecified atom stereocenters. The summed E-state index contributed by atoms with van der Waals surface area (Å²) >= 11 is 0. The quantitative estimate of drug-likeness (QED) is 0.363. The fourth-order valence-corrected chi connectivity index (χ4v) is 9.35. The van der Waals surface area contributed by atoms with Gasteiger partial charge in [0.1, 0.15) is 29.8 Å². The van der Waals surface area contributed by atoms with Gasteiger partial charge in [0.05, 0.1) is 11.8 Å². The number of alkyl carbamates (subject to hydrolysis) is 1. The van der Waals surface area contributed by atoms with Crippen LogP contribution in [0.4, 0.5) is 4.79 Å². The van der Waals surface area contributed by atoms with E-state index in [1.807, 2.05) is 51.1 Å². The van der Waals surface area contributed by atoms with Crippen LogP contribution in [0, 0.1) is 17.3 Å². The summed E-state index contributed by atoms with van der Waals surface area (Å²) in [6.07, 6.45) is 11.1. The second kappa shape index (κ2) is 14.1. The molecule has 2 aliphatic heterocycles. The molecule has 7 atom stereocenters. The number of amides is 4. The first-order chi connectivity index (χ1) is 25.2. The van der Waals surface area contributed by atoms with E-state index < -0.39 is 74.1 Å². The topological polar surface area (TPSA) is 173 Å². The number of fused-ring (bicyclic) bond motifs is 4. The van der Waals surface area contributed by atoms with Gasteiger partial charge in [-0.05, 0) is 79.4 Å². The number of hydrogen-bond donors (Lipinski definition) is 3. The Morgan fingerprint density at radius 3 is 2.58 bits per heavy atom. The summed E-state index contributed by atoms with van der Waals surface area (Å²) in [4.78, 5) is 62.0. The maximum Gasteiger partial charge on any atom is 0.408 e. The second-order valence-electron chi connectivity index (χ2n) is 16.3. The van der Waals surface area contributed by atoms with Crippen LogP contribution >= 0.6 is 0 Å². The van der Waals surface area contributed by atoms with Gasteiger partial charge < -0.3 is 25.0 Å². The molecule has 1 saturated heterocycles. The summed E-state index contributed by atoms with van der Waals surface area (Å²) < 4.78 is 40.1. The molecule has 3 heterocycles. The maximum absolute atomic E-state index is 14.6. The summed E-state index contributed by atoms with van der Waals surface area (Å²) in [6, 6.07) is 5.70. The number of nitrogens with one attached hydrogen (secondary N) is 3. The van der Waals surface area contributed by atoms with Crippen LogP contribution in [0.2, 0.25) is 0 Å². The largest absolute Gasteiger partial charge is 0.472 e. The molecule has 0 radical (unpaired) electrons. The van der Waals surface area contributed by atoms with Gasteiger partial charge in [-0.1, -0.05) is 57.6 Å². The Kier molecular flexibility index (Phi) is 9.79. The minimum Gasteiger partial charge on any atom is -0.472 e. The fraction of sp³-hybridized carbons (Fsp3) is 0.564. The zero-order valence-electron chi connectivity index (χ0n) is 30.5. The Bertz CT molecular complexity index is 1960. The minimum atomic E-state index is -3.89. The first-order valence-corrected chi connectivity index (χ1v) is 20.2. The van der Waals surface area contributed by atoms with Crippen LogP contribution in [-0.4, -0.2) is 83.7 Å². The van der Waals surface area contributed by atoms with Crippen LogP contribution in [0.25, 0.3) is 16.8 Å². The number of nitrogens with zero attached hydrogens (tertiary/aromatic N) is 2. The van der Waals surface area contributed by atoms with Crippen molar-refractivity contribution in [3.63, 3.8) is 0 Å². The highest BCUT2D eigenvalue weighted by atomic mass is 32.2. The van der Waals surface area contributed by atoms with E-state index in [1.54, 1.807) is 6.20 Å². The molecule has 3 saturated carbocycles. The van der Waals surface area contributed by atoms with Crippen LogP contribution in [0.3, 0.4) is 0 Å². The van der Waals surface area contributed by atoms with E-state index in [4.69, 9.17) is 9.47 Å². The molecule has 284 valence electrons. The van der Waals surface area contributed by atoms with Gasteiger partial charge in [-0.15, -0.1) is 6.58 Å². The predicted octanol–water partition coefficient (Wildman–Crippen LogP) is 4.37. The number of sulfonamides is 1. The van der Waals surface area contributed by atoms with Crippen molar-refractivity contribution in [1.82, 2.24) is 25.2 Å². The van der Waals surface area contributed by atoms with Gasteiger partial charge in [-0.3, -0.25) is 19.1 Å². The van der Waals surface area contributed by atoms with Crippen LogP contribution in [0.15, 0.2) is 49.2 Å². The lowest BCUT2D eigenvalue weighted by atomic mass is 9.84. The Hall–Kier alpha value is -4.46. The van der Waals surface area contributed by atoms with Crippen molar-refractivity contribution in [1.29, 1.82) is 0 Å². The smallest absolute Gasteiger partial charge is 0.408 e. The molecule has 0 spiro atoms. The minimum absolute atomic E-state index is 0.0112. The number of benzene rings is 1. The number of carbonyl (C=O) groups is 4. The average Bonchev–Trinajstić information content (AvgIpc) is 4.04. The molecular formula is C39H49N5O8S. The van der Waals surface area contributed by atoms with Crippen molar-refractivity contribution in [3.05, 3.63) is 54.8 Å². The van der Waals surface area contributed by atoms with Crippen molar-refractivity contribution in [3.8, 4) is 5.88 Å². The summed E-state index contributed by atoms with van der Waals surface area (Å²) in [7, 11) is -3.89. The molecule has 53 heavy (non-hydrogen) atoms. The molecule has 3 aliphatic carbocycles. The number of pyridine rings is 1. The normalized spacial score (nSPS) is 31.2. The standard InChI is InChI=1S/C39H49N5O8S/c1-5-26-21-39(26,36(47)43-53(49,50)28-15-16-28)42-33(45)30-20-27-22-44(30)35(46)32(38(2,3)4)41-37(48)52-31-12-7-6-10-25(31)11-8-9-23-13-14-24-17-18-40-34(51-27)29(24)19-23/h5,8-9,13-14,17-19,25-28,30-32H,1,6-7,10-12,15-16,20-22H2,2-4H3,(H,41,48)(H,42,45)(H,43,47)/b9-8+/t25-,26-,27-,30+,31+,32-,39-/m1/s1. The molecule has 4 amide bonds. The van der Waals surface area contributed by atoms with Crippen LogP contribution in [0.5, 0.6) is 5.88 Å². The van der Waals surface area contributed by atoms with Crippen molar-refractivity contribution in [2.24, 2.45) is 17.3 Å². The molecule has 1 aromatic carbocycles. The van der Waals surface area contributed by atoms with Gasteiger partial charge in [0.25, 0.3) is 5.91 Å². The molecule has 1 aromatic heterocycles. The van der Waals surface area contributed by atoms with Gasteiger partial charge >= 0.3 is 6.09 Å². The van der Waals surface area contributed by atoms with Gasteiger partial charge in [-0.25, -0.2) is 18.2 Å². The van der Waals surface area contributed by atoms with Crippen molar-refractivity contribution in [2.45, 2.75) is 114 Å². The van der Waals surface area contributed by atoms with Gasteiger partial charge in [0.15, 0.2) is 0 Å². The lowest BCUT2D eigenvalue weighted by molar-refractivity contribution is -0.143. The molecule has 3 N–H and O–H groups in total. The molecule has 14 heteroatoms. The Morgan fingerprint density at radius 1 is 1.09 bits per heavy atom. The van der Waals surface area contributed by atoms with E-state index in [9.17, 15) is 27.6 Å². The second-order valence-corrected chi connectivity index (χ2v) is 18.3. The highest BCUT2D eigenvalue weighted by molar-refractivity contribution is 7.91. The first-order valence-electron chi connectivity index (χ1n) is 18.7. The molecule has 2 aromatic rings. The third-order valence-electron chi connectivity index (χ3n) is 11.4. The Balaban J connectivity index is 1.23. The predicted molar refractivity (Wildman–Crippen MR) is 198 cm³/mol. The van der Waals surface area contributed by atoms with E-state index in [-0.39, 0.29) is 31.4 Å². The van der Waals surface area contributed by atoms with Crippen LogP contribution in [0.1, 0.15) is 84.1 Å². The summed E-state index contributed by atoms with van der Waals surface area (Å²) in [6.45, 7) is 9.25. The lowest BCUT2D eigenvalue weighted by Gasteiger charge is -2.36. The fourth-order valence-electron chi connectivity index (χ4n) is 7.99. The van der Waals surface area contributed by atoms with E-state index in [1.165, 1.54) is 11.0 Å². The number of aromatic nitrogens is 1. The summed E-state index contributed by atoms with van der Waals surface area (Å²) in [5.41, 5.74) is -1.38. The number of ether oxygens (including phenoxy) is 2. The Morgan fingerprint density at radius 2 is 1.87 bits per heavy atom. The highest BCUT2D eigenvalue weighted by Crippen LogP contribution is 2.45. The zero-order valence-corrected chi connectivity index (χ0v) is 31.3. The van der Waals surface area contributed by atoms with Crippen LogP contribution < -0.4 is 20.1 Å². The lowest BCUT2D eigenvalue weighted by Crippen LogP contribution is -2.60. The number of carbonyl (C=O) groups excluding carboxylic acids is 4. The van der Waals surface area contributed by atoms with Crippen LogP contribution in [-0.2, 0) is 29.1 Å². The van der Waals surface area contributed by atoms with Gasteiger partial charge in [0.2, 0.25) is 27.7 Å². The third kappa shape index (κ3) is 7.65. The molecular weight excluding hydrogens is 699 g/mol. The molecule has 13 nitrogen and oxygen atoms in total. The van der Waals surface area contributed by atoms with Gasteiger partial charge in [-0.2, -0.15) is 0 Å². The summed E-state index contributed by atoms with van der Waals surface area (Å²) in [5.74, 6) is -2.01.